The molecule has 0 saturated carbocycles. The van der Waals surface area contributed by atoms with Crippen molar-refractivity contribution < 1.29 is 9.84 Å². The number of hydrogen-bond donors (Lipinski definition) is 3. The number of rotatable bonds is 10. The standard InChI is InChI=1S/C20H27ClN2O2/c1-15(23-14-20(24)17-5-7-18(21)8-6-17)13-16-3-9-19(10-4-16)25-12-11-22-2/h3-10,15,20,22-24H,11-14H2,1-2H3. The molecule has 0 radical (unpaired) electrons. The first-order valence-electron chi connectivity index (χ1n) is 8.61. The van der Waals surface area contributed by atoms with E-state index in [0.717, 1.165) is 24.3 Å². The van der Waals surface area contributed by atoms with Gasteiger partial charge in [-0.2, -0.15) is 0 Å². The fourth-order valence-electron chi connectivity index (χ4n) is 2.53. The summed E-state index contributed by atoms with van der Waals surface area (Å²) in [7, 11) is 1.91. The Hall–Kier alpha value is -1.59. The summed E-state index contributed by atoms with van der Waals surface area (Å²) in [5.41, 5.74) is 2.11. The normalized spacial score (nSPS) is 13.4. The van der Waals surface area contributed by atoms with Crippen LogP contribution in [0.2, 0.25) is 5.02 Å². The molecular formula is C20H27ClN2O2. The van der Waals surface area contributed by atoms with E-state index in [9.17, 15) is 5.11 Å². The summed E-state index contributed by atoms with van der Waals surface area (Å²) in [6.45, 7) is 4.12. The summed E-state index contributed by atoms with van der Waals surface area (Å²) in [6, 6.07) is 15.7. The molecule has 136 valence electrons. The number of aliphatic hydroxyl groups excluding tert-OH is 1. The number of halogens is 1. The zero-order valence-corrected chi connectivity index (χ0v) is 15.6. The zero-order valence-electron chi connectivity index (χ0n) is 14.8. The van der Waals surface area contributed by atoms with Crippen molar-refractivity contribution in [3.05, 3.63) is 64.7 Å². The zero-order chi connectivity index (χ0) is 18.1. The summed E-state index contributed by atoms with van der Waals surface area (Å²) < 4.78 is 5.62. The van der Waals surface area contributed by atoms with Crippen LogP contribution in [0.15, 0.2) is 48.5 Å². The van der Waals surface area contributed by atoms with E-state index in [-0.39, 0.29) is 6.04 Å². The Bertz CT molecular complexity index is 617. The molecular weight excluding hydrogens is 336 g/mol. The first-order chi connectivity index (χ1) is 12.1. The monoisotopic (exact) mass is 362 g/mol. The number of hydrogen-bond acceptors (Lipinski definition) is 4. The van der Waals surface area contributed by atoms with E-state index in [4.69, 9.17) is 16.3 Å². The van der Waals surface area contributed by atoms with Gasteiger partial charge in [0.1, 0.15) is 12.4 Å². The van der Waals surface area contributed by atoms with E-state index in [0.29, 0.717) is 18.2 Å². The molecule has 0 amide bonds. The van der Waals surface area contributed by atoms with Crippen molar-refractivity contribution in [3.63, 3.8) is 0 Å². The van der Waals surface area contributed by atoms with Crippen molar-refractivity contribution in [1.82, 2.24) is 10.6 Å². The van der Waals surface area contributed by atoms with Crippen molar-refractivity contribution in [1.29, 1.82) is 0 Å². The Labute approximate surface area is 155 Å². The highest BCUT2D eigenvalue weighted by atomic mass is 35.5. The number of ether oxygens (including phenoxy) is 1. The van der Waals surface area contributed by atoms with Crippen molar-refractivity contribution in [2.45, 2.75) is 25.5 Å². The van der Waals surface area contributed by atoms with E-state index >= 15 is 0 Å². The molecule has 0 spiro atoms. The molecule has 2 unspecified atom stereocenters. The van der Waals surface area contributed by atoms with Gasteiger partial charge in [-0.05, 0) is 55.8 Å². The van der Waals surface area contributed by atoms with E-state index in [1.165, 1.54) is 5.56 Å². The summed E-state index contributed by atoms with van der Waals surface area (Å²) >= 11 is 5.87. The third-order valence-corrected chi connectivity index (χ3v) is 4.25. The third kappa shape index (κ3) is 7.04. The fraction of sp³-hybridized carbons (Fsp3) is 0.400. The molecule has 0 fully saturated rings. The van der Waals surface area contributed by atoms with Crippen LogP contribution >= 0.6 is 11.6 Å². The maximum Gasteiger partial charge on any atom is 0.119 e. The Balaban J connectivity index is 1.75. The molecule has 4 nitrogen and oxygen atoms in total. The molecule has 0 aliphatic heterocycles. The van der Waals surface area contributed by atoms with Gasteiger partial charge in [0.25, 0.3) is 0 Å². The Morgan fingerprint density at radius 3 is 2.40 bits per heavy atom. The van der Waals surface area contributed by atoms with Crippen molar-refractivity contribution in [2.24, 2.45) is 0 Å². The predicted octanol–water partition coefficient (Wildman–Crippen LogP) is 3.19. The van der Waals surface area contributed by atoms with Gasteiger partial charge >= 0.3 is 0 Å². The highest BCUT2D eigenvalue weighted by Gasteiger charge is 2.10. The molecule has 0 saturated heterocycles. The average molecular weight is 363 g/mol. The van der Waals surface area contributed by atoms with Crippen LogP contribution in [0.4, 0.5) is 0 Å². The first kappa shape index (κ1) is 19.7. The number of nitrogens with one attached hydrogen (secondary N) is 2. The van der Waals surface area contributed by atoms with Gasteiger partial charge in [0.05, 0.1) is 6.10 Å². The smallest absolute Gasteiger partial charge is 0.119 e. The number of aliphatic hydroxyl groups is 1. The van der Waals surface area contributed by atoms with Gasteiger partial charge in [0.15, 0.2) is 0 Å². The molecule has 3 N–H and O–H groups in total. The summed E-state index contributed by atoms with van der Waals surface area (Å²) in [6.07, 6.45) is 0.354. The van der Waals surface area contributed by atoms with Gasteiger partial charge in [-0.3, -0.25) is 0 Å². The lowest BCUT2D eigenvalue weighted by molar-refractivity contribution is 0.170. The van der Waals surface area contributed by atoms with Crippen LogP contribution in [-0.2, 0) is 6.42 Å². The van der Waals surface area contributed by atoms with Gasteiger partial charge in [-0.25, -0.2) is 0 Å². The Morgan fingerprint density at radius 2 is 1.76 bits per heavy atom. The topological polar surface area (TPSA) is 53.5 Å². The molecule has 5 heteroatoms. The highest BCUT2D eigenvalue weighted by Crippen LogP contribution is 2.17. The van der Waals surface area contributed by atoms with Crippen LogP contribution in [0.5, 0.6) is 5.75 Å². The van der Waals surface area contributed by atoms with Gasteiger partial charge in [-0.15, -0.1) is 0 Å². The van der Waals surface area contributed by atoms with Crippen LogP contribution < -0.4 is 15.4 Å². The van der Waals surface area contributed by atoms with Crippen LogP contribution in [0.25, 0.3) is 0 Å². The fourth-order valence-corrected chi connectivity index (χ4v) is 2.66. The molecule has 0 aliphatic rings. The lowest BCUT2D eigenvalue weighted by atomic mass is 10.1. The van der Waals surface area contributed by atoms with Crippen LogP contribution in [-0.4, -0.2) is 37.9 Å². The minimum absolute atomic E-state index is 0.262. The highest BCUT2D eigenvalue weighted by molar-refractivity contribution is 6.30. The van der Waals surface area contributed by atoms with Crippen molar-refractivity contribution in [3.8, 4) is 5.75 Å². The van der Waals surface area contributed by atoms with Gasteiger partial charge in [0.2, 0.25) is 0 Å². The van der Waals surface area contributed by atoms with Crippen molar-refractivity contribution in [2.75, 3.05) is 26.7 Å². The second kappa shape index (κ2) is 10.4. The molecule has 2 rings (SSSR count). The molecule has 2 aromatic carbocycles. The molecule has 2 atom stereocenters. The molecule has 2 aromatic rings. The maximum absolute atomic E-state index is 10.2. The SMILES string of the molecule is CNCCOc1ccc(CC(C)NCC(O)c2ccc(Cl)cc2)cc1. The quantitative estimate of drug-likeness (QED) is 0.568. The molecule has 0 bridgehead atoms. The van der Waals surface area contributed by atoms with Gasteiger partial charge in [-0.1, -0.05) is 35.9 Å². The summed E-state index contributed by atoms with van der Waals surface area (Å²) in [5, 5.41) is 17.3. The molecule has 0 aliphatic carbocycles. The summed E-state index contributed by atoms with van der Waals surface area (Å²) in [5.74, 6) is 0.887. The van der Waals surface area contributed by atoms with E-state index in [2.05, 4.69) is 29.7 Å². The Kier molecular flexibility index (Phi) is 8.22. The van der Waals surface area contributed by atoms with Gasteiger partial charge < -0.3 is 20.5 Å². The lowest BCUT2D eigenvalue weighted by Gasteiger charge is -2.18. The van der Waals surface area contributed by atoms with Gasteiger partial charge in [0, 0.05) is 24.2 Å². The largest absolute Gasteiger partial charge is 0.492 e. The average Bonchev–Trinajstić information content (AvgIpc) is 2.62. The summed E-state index contributed by atoms with van der Waals surface area (Å²) in [4.78, 5) is 0. The first-order valence-corrected chi connectivity index (χ1v) is 8.99. The second-order valence-corrected chi connectivity index (χ2v) is 6.61. The molecule has 0 heterocycles. The Morgan fingerprint density at radius 1 is 1.08 bits per heavy atom. The minimum atomic E-state index is -0.539. The second-order valence-electron chi connectivity index (χ2n) is 6.18. The lowest BCUT2D eigenvalue weighted by Crippen LogP contribution is -2.32. The van der Waals surface area contributed by atoms with E-state index in [1.807, 2.05) is 31.3 Å². The van der Waals surface area contributed by atoms with Crippen LogP contribution in [0.1, 0.15) is 24.2 Å². The predicted molar refractivity (Wildman–Crippen MR) is 103 cm³/mol. The minimum Gasteiger partial charge on any atom is -0.492 e. The van der Waals surface area contributed by atoms with Crippen LogP contribution in [0.3, 0.4) is 0 Å². The molecule has 0 aromatic heterocycles. The van der Waals surface area contributed by atoms with Crippen molar-refractivity contribution >= 4 is 11.6 Å². The van der Waals surface area contributed by atoms with E-state index < -0.39 is 6.10 Å². The number of likely N-dealkylation sites (N-methyl/N-ethyl adjacent to an activating group) is 1. The van der Waals surface area contributed by atoms with Crippen LogP contribution in [0, 0.1) is 0 Å². The number of benzene rings is 2. The maximum atomic E-state index is 10.2. The third-order valence-electron chi connectivity index (χ3n) is 4.00. The van der Waals surface area contributed by atoms with E-state index in [1.54, 1.807) is 12.1 Å². The molecule has 25 heavy (non-hydrogen) atoms.